The summed E-state index contributed by atoms with van der Waals surface area (Å²) in [5, 5.41) is 4.37. The van der Waals surface area contributed by atoms with Gasteiger partial charge in [0.05, 0.1) is 12.6 Å². The third-order valence-corrected chi connectivity index (χ3v) is 7.48. The van der Waals surface area contributed by atoms with E-state index in [2.05, 4.69) is 50.3 Å². The van der Waals surface area contributed by atoms with E-state index in [0.29, 0.717) is 13.2 Å². The number of amides is 1. The number of benzene rings is 2. The van der Waals surface area contributed by atoms with Gasteiger partial charge in [-0.25, -0.2) is 15.0 Å². The molecule has 2 aliphatic heterocycles. The third-order valence-electron chi connectivity index (χ3n) is 7.48. The fraction of sp³-hybridized carbons (Fsp3) is 0.393. The minimum atomic E-state index is 0.133. The first kappa shape index (κ1) is 21.3. The average molecular weight is 455 g/mol. The Kier molecular flexibility index (Phi) is 5.75. The molecule has 6 heteroatoms. The summed E-state index contributed by atoms with van der Waals surface area (Å²) in [5.41, 5.74) is 3.32. The number of hydrogen-bond donors (Lipinski definition) is 0. The van der Waals surface area contributed by atoms with Crippen LogP contribution in [0.5, 0.6) is 5.75 Å². The Bertz CT molecular complexity index is 1160. The second kappa shape index (κ2) is 9.18. The van der Waals surface area contributed by atoms with Gasteiger partial charge in [-0.2, -0.15) is 0 Å². The van der Waals surface area contributed by atoms with Crippen molar-refractivity contribution in [2.75, 3.05) is 13.2 Å². The standard InChI is InChI=1S/C28H30N4O2/c33-28(21-9-2-1-3-10-21)32-18-23-19-34-25-13-5-4-12-24(25)26(23)31(32)17-20-8-6-11-22(16-20)27-29-14-7-15-30-27/h4-8,11-16,21,23,26H,1-3,9-10,17-19H2/t23-,26-/m1/s1. The van der Waals surface area contributed by atoms with Crippen molar-refractivity contribution in [2.24, 2.45) is 11.8 Å². The zero-order valence-electron chi connectivity index (χ0n) is 19.3. The molecule has 1 saturated heterocycles. The van der Waals surface area contributed by atoms with E-state index in [1.54, 1.807) is 12.4 Å². The summed E-state index contributed by atoms with van der Waals surface area (Å²) in [6.07, 6.45) is 9.10. The molecule has 1 aliphatic carbocycles. The monoisotopic (exact) mass is 454 g/mol. The Morgan fingerprint density at radius 3 is 2.65 bits per heavy atom. The lowest BCUT2D eigenvalue weighted by molar-refractivity contribution is -0.153. The van der Waals surface area contributed by atoms with Gasteiger partial charge in [0.15, 0.2) is 5.82 Å². The number of fused-ring (bicyclic) bond motifs is 3. The maximum atomic E-state index is 13.8. The molecular weight excluding hydrogens is 424 g/mol. The summed E-state index contributed by atoms with van der Waals surface area (Å²) >= 11 is 0. The normalized spacial score (nSPS) is 22.6. The zero-order valence-corrected chi connectivity index (χ0v) is 19.3. The van der Waals surface area contributed by atoms with E-state index >= 15 is 0 Å². The highest BCUT2D eigenvalue weighted by Gasteiger charge is 2.47. The lowest BCUT2D eigenvalue weighted by atomic mass is 9.88. The molecule has 3 aliphatic rings. The number of para-hydroxylation sites is 1. The van der Waals surface area contributed by atoms with Crippen LogP contribution in [-0.2, 0) is 11.3 Å². The molecule has 2 atom stereocenters. The van der Waals surface area contributed by atoms with Crippen LogP contribution in [0.2, 0.25) is 0 Å². The van der Waals surface area contributed by atoms with Crippen LogP contribution in [-0.4, -0.2) is 39.0 Å². The molecular formula is C28H30N4O2. The van der Waals surface area contributed by atoms with Crippen molar-refractivity contribution >= 4 is 5.91 Å². The maximum absolute atomic E-state index is 13.8. The molecule has 0 unspecified atom stereocenters. The van der Waals surface area contributed by atoms with E-state index in [4.69, 9.17) is 4.74 Å². The van der Waals surface area contributed by atoms with Gasteiger partial charge in [-0.15, -0.1) is 0 Å². The Balaban J connectivity index is 1.35. The topological polar surface area (TPSA) is 58.6 Å². The first-order valence-corrected chi connectivity index (χ1v) is 12.4. The molecule has 2 aromatic carbocycles. The molecule has 2 fully saturated rings. The molecule has 6 rings (SSSR count). The summed E-state index contributed by atoms with van der Waals surface area (Å²) in [7, 11) is 0. The molecule has 0 N–H and O–H groups in total. The van der Waals surface area contributed by atoms with Crippen molar-refractivity contribution in [1.29, 1.82) is 0 Å². The number of ether oxygens (including phenoxy) is 1. The van der Waals surface area contributed by atoms with E-state index in [9.17, 15) is 4.79 Å². The molecule has 1 amide bonds. The van der Waals surface area contributed by atoms with Gasteiger partial charge in [-0.3, -0.25) is 9.80 Å². The second-order valence-electron chi connectivity index (χ2n) is 9.68. The summed E-state index contributed by atoms with van der Waals surface area (Å²) in [6.45, 7) is 2.02. The van der Waals surface area contributed by atoms with E-state index in [1.165, 1.54) is 12.0 Å². The van der Waals surface area contributed by atoms with Crippen molar-refractivity contribution in [3.63, 3.8) is 0 Å². The Morgan fingerprint density at radius 1 is 0.971 bits per heavy atom. The summed E-state index contributed by atoms with van der Waals surface area (Å²) < 4.78 is 6.11. The smallest absolute Gasteiger partial charge is 0.240 e. The van der Waals surface area contributed by atoms with Crippen LogP contribution in [0.15, 0.2) is 67.0 Å². The van der Waals surface area contributed by atoms with Crippen molar-refractivity contribution < 1.29 is 9.53 Å². The molecule has 0 radical (unpaired) electrons. The summed E-state index contributed by atoms with van der Waals surface area (Å²) in [6, 6.07) is 18.6. The highest BCUT2D eigenvalue weighted by atomic mass is 16.5. The average Bonchev–Trinajstić information content (AvgIpc) is 3.28. The predicted molar refractivity (Wildman–Crippen MR) is 129 cm³/mol. The molecule has 0 spiro atoms. The highest BCUT2D eigenvalue weighted by Crippen LogP contribution is 2.46. The van der Waals surface area contributed by atoms with E-state index in [0.717, 1.165) is 54.9 Å². The Labute approximate surface area is 200 Å². The first-order chi connectivity index (χ1) is 16.8. The van der Waals surface area contributed by atoms with Crippen molar-refractivity contribution in [1.82, 2.24) is 20.0 Å². The molecule has 0 bridgehead atoms. The second-order valence-corrected chi connectivity index (χ2v) is 9.68. The van der Waals surface area contributed by atoms with E-state index in [1.807, 2.05) is 24.3 Å². The van der Waals surface area contributed by atoms with Gasteiger partial charge in [0.2, 0.25) is 5.91 Å². The van der Waals surface area contributed by atoms with Crippen LogP contribution >= 0.6 is 0 Å². The lowest BCUT2D eigenvalue weighted by Crippen LogP contribution is -2.45. The number of nitrogens with zero attached hydrogens (tertiary/aromatic N) is 4. The van der Waals surface area contributed by atoms with Gasteiger partial charge in [-0.05, 0) is 36.6 Å². The SMILES string of the molecule is O=C(C1CCCCC1)N1C[C@@H]2COc3ccccc3[C@@H]2N1Cc1cccc(-c2ncccn2)c1. The fourth-order valence-electron chi connectivity index (χ4n) is 5.84. The van der Waals surface area contributed by atoms with E-state index < -0.39 is 0 Å². The predicted octanol–water partition coefficient (Wildman–Crippen LogP) is 5.03. The molecule has 1 aromatic heterocycles. The molecule has 1 saturated carbocycles. The van der Waals surface area contributed by atoms with Crippen LogP contribution < -0.4 is 4.74 Å². The Morgan fingerprint density at radius 2 is 1.79 bits per heavy atom. The van der Waals surface area contributed by atoms with Crippen LogP contribution in [0, 0.1) is 11.8 Å². The molecule has 3 aromatic rings. The van der Waals surface area contributed by atoms with Crippen LogP contribution in [0.25, 0.3) is 11.4 Å². The van der Waals surface area contributed by atoms with Crippen LogP contribution in [0.3, 0.4) is 0 Å². The molecule has 174 valence electrons. The molecule has 34 heavy (non-hydrogen) atoms. The van der Waals surface area contributed by atoms with Crippen LogP contribution in [0.4, 0.5) is 0 Å². The summed E-state index contributed by atoms with van der Waals surface area (Å²) in [4.78, 5) is 22.6. The van der Waals surface area contributed by atoms with Gasteiger partial charge in [-0.1, -0.05) is 55.7 Å². The van der Waals surface area contributed by atoms with Gasteiger partial charge in [0, 0.05) is 48.4 Å². The van der Waals surface area contributed by atoms with Crippen molar-refractivity contribution in [3.8, 4) is 17.1 Å². The Hall–Kier alpha value is -3.25. The minimum absolute atomic E-state index is 0.133. The van der Waals surface area contributed by atoms with Crippen molar-refractivity contribution in [2.45, 2.75) is 44.7 Å². The minimum Gasteiger partial charge on any atom is -0.493 e. The van der Waals surface area contributed by atoms with Gasteiger partial charge < -0.3 is 4.74 Å². The largest absolute Gasteiger partial charge is 0.493 e. The lowest BCUT2D eigenvalue weighted by Gasteiger charge is -2.37. The zero-order chi connectivity index (χ0) is 22.9. The van der Waals surface area contributed by atoms with Gasteiger partial charge >= 0.3 is 0 Å². The number of carbonyl (C=O) groups excluding carboxylic acids is 1. The molecule has 6 nitrogen and oxygen atoms in total. The summed E-state index contributed by atoms with van der Waals surface area (Å²) in [5.74, 6) is 2.34. The number of aromatic nitrogens is 2. The number of carbonyl (C=O) groups is 1. The quantitative estimate of drug-likeness (QED) is 0.553. The number of rotatable bonds is 4. The first-order valence-electron chi connectivity index (χ1n) is 12.4. The molecule has 3 heterocycles. The van der Waals surface area contributed by atoms with Gasteiger partial charge in [0.25, 0.3) is 0 Å². The van der Waals surface area contributed by atoms with Gasteiger partial charge in [0.1, 0.15) is 5.75 Å². The fourth-order valence-corrected chi connectivity index (χ4v) is 5.84. The van der Waals surface area contributed by atoms with Crippen molar-refractivity contribution in [3.05, 3.63) is 78.1 Å². The number of hydrazine groups is 1. The maximum Gasteiger partial charge on any atom is 0.240 e. The van der Waals surface area contributed by atoms with Crippen LogP contribution in [0.1, 0.15) is 49.3 Å². The van der Waals surface area contributed by atoms with E-state index in [-0.39, 0.29) is 23.8 Å². The number of hydrogen-bond acceptors (Lipinski definition) is 5. The highest BCUT2D eigenvalue weighted by molar-refractivity contribution is 5.79. The third kappa shape index (κ3) is 3.96.